The fourth-order valence-corrected chi connectivity index (χ4v) is 2.54. The monoisotopic (exact) mass is 366 g/mol. The minimum absolute atomic E-state index is 0.00813. The maximum atomic E-state index is 12.0. The van der Waals surface area contributed by atoms with Crippen LogP contribution in [0, 0.1) is 5.92 Å². The van der Waals surface area contributed by atoms with Gasteiger partial charge < -0.3 is 25.9 Å². The molecule has 0 aliphatic heterocycles. The third-order valence-electron chi connectivity index (χ3n) is 4.43. The number of aryl methyl sites for hydroxylation is 1. The van der Waals surface area contributed by atoms with Crippen LogP contribution >= 0.6 is 0 Å². The molecule has 10 heteroatoms. The van der Waals surface area contributed by atoms with Crippen LogP contribution in [0.5, 0.6) is 0 Å². The Morgan fingerprint density at radius 1 is 1.50 bits per heavy atom. The molecule has 0 aliphatic rings. The quantitative estimate of drug-likeness (QED) is 0.442. The summed E-state index contributed by atoms with van der Waals surface area (Å²) in [6.07, 6.45) is 2.66. The van der Waals surface area contributed by atoms with E-state index in [-0.39, 0.29) is 24.0 Å². The minimum Gasteiger partial charge on any atom is -0.459 e. The summed E-state index contributed by atoms with van der Waals surface area (Å²) >= 11 is 0. The number of aromatic amines is 1. The number of ether oxygens (including phenoxy) is 1. The zero-order chi connectivity index (χ0) is 19.3. The molecule has 3 atom stereocenters. The molecule has 0 saturated carbocycles. The van der Waals surface area contributed by atoms with Crippen molar-refractivity contribution in [3.05, 3.63) is 16.7 Å². The molecule has 6 N–H and O–H groups in total. The van der Waals surface area contributed by atoms with Crippen molar-refractivity contribution in [2.24, 2.45) is 11.7 Å². The molecule has 10 nitrogen and oxygen atoms in total. The maximum absolute atomic E-state index is 12.0. The normalized spacial score (nSPS) is 14.9. The van der Waals surface area contributed by atoms with Gasteiger partial charge in [0.15, 0.2) is 11.2 Å². The number of aliphatic hydroxyl groups is 1. The topological polar surface area (TPSA) is 162 Å². The van der Waals surface area contributed by atoms with Gasteiger partial charge in [0.2, 0.25) is 5.95 Å². The van der Waals surface area contributed by atoms with Gasteiger partial charge in [-0.15, -0.1) is 0 Å². The molecule has 0 saturated heterocycles. The van der Waals surface area contributed by atoms with Crippen LogP contribution in [0.15, 0.2) is 11.1 Å². The van der Waals surface area contributed by atoms with E-state index in [2.05, 4.69) is 15.0 Å². The smallest absolute Gasteiger partial charge is 0.323 e. The zero-order valence-electron chi connectivity index (χ0n) is 15.0. The molecule has 144 valence electrons. The average molecular weight is 366 g/mol. The van der Waals surface area contributed by atoms with Crippen molar-refractivity contribution in [1.82, 2.24) is 19.5 Å². The van der Waals surface area contributed by atoms with Crippen molar-refractivity contribution in [3.63, 3.8) is 0 Å². The van der Waals surface area contributed by atoms with Gasteiger partial charge in [-0.3, -0.25) is 14.6 Å². The number of fused-ring (bicyclic) bond motifs is 1. The number of aromatic nitrogens is 4. The van der Waals surface area contributed by atoms with Crippen LogP contribution < -0.4 is 17.0 Å². The molecule has 2 heterocycles. The van der Waals surface area contributed by atoms with Crippen LogP contribution in [0.3, 0.4) is 0 Å². The number of nitrogen functional groups attached to an aromatic ring is 1. The van der Waals surface area contributed by atoms with Crippen molar-refractivity contribution in [3.8, 4) is 0 Å². The average Bonchev–Trinajstić information content (AvgIpc) is 3.02. The minimum atomic E-state index is -0.703. The number of nitrogens with two attached hydrogens (primary N) is 2. The molecular weight excluding hydrogens is 340 g/mol. The van der Waals surface area contributed by atoms with Crippen LogP contribution in [0.2, 0.25) is 0 Å². The van der Waals surface area contributed by atoms with Crippen LogP contribution in [0.25, 0.3) is 11.2 Å². The number of anilines is 1. The highest BCUT2D eigenvalue weighted by atomic mass is 16.6. The third-order valence-corrected chi connectivity index (χ3v) is 4.43. The van der Waals surface area contributed by atoms with E-state index in [1.165, 1.54) is 6.33 Å². The molecule has 0 fully saturated rings. The Labute approximate surface area is 150 Å². The van der Waals surface area contributed by atoms with Crippen LogP contribution in [0.4, 0.5) is 5.95 Å². The molecule has 0 amide bonds. The highest BCUT2D eigenvalue weighted by molar-refractivity contribution is 5.76. The van der Waals surface area contributed by atoms with E-state index in [0.29, 0.717) is 25.0 Å². The molecular formula is C16H26N6O4. The van der Waals surface area contributed by atoms with E-state index in [4.69, 9.17) is 16.2 Å². The van der Waals surface area contributed by atoms with E-state index in [9.17, 15) is 14.7 Å². The number of esters is 1. The molecule has 0 aliphatic carbocycles. The van der Waals surface area contributed by atoms with Gasteiger partial charge in [0.1, 0.15) is 12.1 Å². The predicted octanol–water partition coefficient (Wildman–Crippen LogP) is -0.240. The van der Waals surface area contributed by atoms with E-state index in [1.807, 2.05) is 13.8 Å². The molecule has 26 heavy (non-hydrogen) atoms. The highest BCUT2D eigenvalue weighted by Crippen LogP contribution is 2.12. The van der Waals surface area contributed by atoms with E-state index in [1.54, 1.807) is 4.57 Å². The molecule has 2 aromatic rings. The zero-order valence-corrected chi connectivity index (χ0v) is 15.0. The second kappa shape index (κ2) is 8.77. The van der Waals surface area contributed by atoms with Gasteiger partial charge in [0.25, 0.3) is 5.56 Å². The number of hydrogen-bond donors (Lipinski definition) is 4. The van der Waals surface area contributed by atoms with Crippen LogP contribution in [-0.2, 0) is 16.1 Å². The lowest BCUT2D eigenvalue weighted by Crippen LogP contribution is -2.40. The van der Waals surface area contributed by atoms with Crippen molar-refractivity contribution in [2.75, 3.05) is 12.3 Å². The van der Waals surface area contributed by atoms with Gasteiger partial charge >= 0.3 is 5.97 Å². The lowest BCUT2D eigenvalue weighted by atomic mass is 10.0. The summed E-state index contributed by atoms with van der Waals surface area (Å²) < 4.78 is 7.00. The lowest BCUT2D eigenvalue weighted by molar-refractivity contribution is -0.154. The Morgan fingerprint density at radius 3 is 2.88 bits per heavy atom. The molecule has 0 radical (unpaired) electrons. The number of hydrogen-bond acceptors (Lipinski definition) is 8. The summed E-state index contributed by atoms with van der Waals surface area (Å²) in [7, 11) is 0. The number of carbonyl (C=O) groups is 1. The Balaban J connectivity index is 1.93. The van der Waals surface area contributed by atoms with E-state index >= 15 is 0 Å². The van der Waals surface area contributed by atoms with Crippen molar-refractivity contribution >= 4 is 23.1 Å². The first-order valence-corrected chi connectivity index (χ1v) is 8.64. The summed E-state index contributed by atoms with van der Waals surface area (Å²) in [6.45, 7) is 4.03. The number of H-pyrrole nitrogens is 1. The molecule has 2 aromatic heterocycles. The van der Waals surface area contributed by atoms with Gasteiger partial charge in [-0.05, 0) is 18.8 Å². The van der Waals surface area contributed by atoms with E-state index in [0.717, 1.165) is 6.42 Å². The van der Waals surface area contributed by atoms with Gasteiger partial charge in [0.05, 0.1) is 12.9 Å². The molecule has 0 bridgehead atoms. The van der Waals surface area contributed by atoms with E-state index < -0.39 is 23.7 Å². The second-order valence-electron chi connectivity index (χ2n) is 6.36. The molecule has 0 aromatic carbocycles. The first-order chi connectivity index (χ1) is 12.4. The van der Waals surface area contributed by atoms with Crippen molar-refractivity contribution in [2.45, 2.75) is 51.8 Å². The predicted molar refractivity (Wildman–Crippen MR) is 96.2 cm³/mol. The van der Waals surface area contributed by atoms with Crippen molar-refractivity contribution in [1.29, 1.82) is 0 Å². The fourth-order valence-electron chi connectivity index (χ4n) is 2.54. The Bertz CT molecular complexity index is 802. The first kappa shape index (κ1) is 19.9. The Hall–Kier alpha value is -2.46. The number of nitrogens with zero attached hydrogens (tertiary/aromatic N) is 3. The number of carbonyl (C=O) groups excluding carboxylic acids is 1. The lowest BCUT2D eigenvalue weighted by Gasteiger charge is -2.21. The fraction of sp³-hybridized carbons (Fsp3) is 0.625. The highest BCUT2D eigenvalue weighted by Gasteiger charge is 2.24. The van der Waals surface area contributed by atoms with Gasteiger partial charge in [-0.1, -0.05) is 20.3 Å². The molecule has 0 spiro atoms. The Morgan fingerprint density at radius 2 is 2.23 bits per heavy atom. The largest absolute Gasteiger partial charge is 0.459 e. The third kappa shape index (κ3) is 4.58. The van der Waals surface area contributed by atoms with Crippen LogP contribution in [0.1, 0.15) is 33.1 Å². The molecule has 1 unspecified atom stereocenters. The van der Waals surface area contributed by atoms with Gasteiger partial charge in [-0.2, -0.15) is 4.98 Å². The van der Waals surface area contributed by atoms with Crippen LogP contribution in [-0.4, -0.2) is 49.3 Å². The Kier molecular flexibility index (Phi) is 6.70. The number of rotatable bonds is 9. The summed E-state index contributed by atoms with van der Waals surface area (Å²) in [5.41, 5.74) is 11.6. The summed E-state index contributed by atoms with van der Waals surface area (Å²) in [4.78, 5) is 34.3. The summed E-state index contributed by atoms with van der Waals surface area (Å²) in [6, 6.07) is -0.703. The first-order valence-electron chi connectivity index (χ1n) is 8.64. The number of aliphatic hydroxyl groups excluding tert-OH is 1. The van der Waals surface area contributed by atoms with Gasteiger partial charge in [-0.25, -0.2) is 4.98 Å². The maximum Gasteiger partial charge on any atom is 0.323 e. The summed E-state index contributed by atoms with van der Waals surface area (Å²) in [5, 5.41) is 9.44. The number of imidazole rings is 1. The van der Waals surface area contributed by atoms with Crippen molar-refractivity contribution < 1.29 is 14.6 Å². The molecule has 2 rings (SSSR count). The summed E-state index contributed by atoms with van der Waals surface area (Å²) in [5.74, 6) is -0.480. The van der Waals surface area contributed by atoms with Gasteiger partial charge in [0, 0.05) is 6.54 Å². The SMILES string of the molecule is CC[C@H](C)[C@H](N)C(=O)OC(CO)CCCn1cnc2c(=O)[nH]c(N)nc21. The second-order valence-corrected chi connectivity index (χ2v) is 6.36. The standard InChI is InChI=1S/C16H26N6O4/c1-3-9(2)11(17)15(25)26-10(7-23)5-4-6-22-8-19-12-13(22)20-16(18)21-14(12)24/h8-11,23H,3-7,17H2,1-2H3,(H3,18,20,21,24)/t9-,10?,11-/m0/s1. The number of nitrogens with one attached hydrogen (secondary N) is 1.